The van der Waals surface area contributed by atoms with Gasteiger partial charge in [-0.1, -0.05) is 23.7 Å². The number of hydrogen-bond acceptors (Lipinski definition) is 3. The average molecular weight is 299 g/mol. The number of carbonyl (C=O) groups excluding carboxylic acids is 1. The van der Waals surface area contributed by atoms with Gasteiger partial charge in [-0.05, 0) is 24.3 Å². The van der Waals surface area contributed by atoms with E-state index in [2.05, 4.69) is 15.3 Å². The summed E-state index contributed by atoms with van der Waals surface area (Å²) in [5.74, 6) is 0.459. The van der Waals surface area contributed by atoms with Crippen LogP contribution in [0.5, 0.6) is 0 Å². The molecule has 0 unspecified atom stereocenters. The first-order valence-electron chi connectivity index (χ1n) is 6.24. The number of imidazole rings is 1. The van der Waals surface area contributed by atoms with E-state index in [-0.39, 0.29) is 5.91 Å². The summed E-state index contributed by atoms with van der Waals surface area (Å²) >= 11 is 5.99. The Bertz CT molecular complexity index is 754. The lowest BCUT2D eigenvalue weighted by Gasteiger charge is -2.07. The second-order valence-corrected chi connectivity index (χ2v) is 4.72. The Labute approximate surface area is 126 Å². The third-order valence-corrected chi connectivity index (χ3v) is 3.22. The van der Waals surface area contributed by atoms with Gasteiger partial charge in [0.1, 0.15) is 12.1 Å². The molecule has 0 spiro atoms. The van der Waals surface area contributed by atoms with Crippen LogP contribution in [0.3, 0.4) is 0 Å². The molecule has 2 heterocycles. The highest BCUT2D eigenvalue weighted by atomic mass is 35.5. The van der Waals surface area contributed by atoms with Crippen LogP contribution in [-0.4, -0.2) is 20.4 Å². The monoisotopic (exact) mass is 298 g/mol. The van der Waals surface area contributed by atoms with Crippen LogP contribution in [0.1, 0.15) is 10.4 Å². The predicted molar refractivity (Wildman–Crippen MR) is 80.8 cm³/mol. The largest absolute Gasteiger partial charge is 0.321 e. The zero-order valence-electron chi connectivity index (χ0n) is 10.9. The van der Waals surface area contributed by atoms with Crippen LogP contribution in [0, 0.1) is 0 Å². The molecule has 0 saturated carbocycles. The highest BCUT2D eigenvalue weighted by Gasteiger charge is 2.09. The molecule has 1 amide bonds. The number of nitrogens with zero attached hydrogens (tertiary/aromatic N) is 3. The first-order chi connectivity index (χ1) is 10.2. The number of hydrogen-bond donors (Lipinski definition) is 1. The summed E-state index contributed by atoms with van der Waals surface area (Å²) in [6, 6.07) is 10.5. The minimum Gasteiger partial charge on any atom is -0.321 e. The summed E-state index contributed by atoms with van der Waals surface area (Å²) < 4.78 is 1.78. The number of benzene rings is 1. The summed E-state index contributed by atoms with van der Waals surface area (Å²) in [5, 5.41) is 3.18. The Kier molecular flexibility index (Phi) is 3.66. The van der Waals surface area contributed by atoms with E-state index in [1.165, 1.54) is 0 Å². The molecule has 0 radical (unpaired) electrons. The van der Waals surface area contributed by atoms with E-state index >= 15 is 0 Å². The minimum atomic E-state index is -0.266. The minimum absolute atomic E-state index is 0.266. The fraction of sp³-hybridized carbons (Fsp3) is 0. The Morgan fingerprint density at radius 3 is 2.71 bits per heavy atom. The van der Waals surface area contributed by atoms with Gasteiger partial charge in [0.2, 0.25) is 0 Å². The number of pyridine rings is 1. The number of halogens is 1. The summed E-state index contributed by atoms with van der Waals surface area (Å²) in [6.45, 7) is 0. The van der Waals surface area contributed by atoms with E-state index in [1.807, 2.05) is 0 Å². The molecule has 1 aromatic carbocycles. The lowest BCUT2D eigenvalue weighted by atomic mass is 10.2. The molecule has 0 bridgehead atoms. The summed E-state index contributed by atoms with van der Waals surface area (Å²) in [5.41, 5.74) is 1.03. The summed E-state index contributed by atoms with van der Waals surface area (Å²) in [4.78, 5) is 20.3. The Balaban J connectivity index is 1.77. The van der Waals surface area contributed by atoms with Crippen LogP contribution in [0.15, 0.2) is 61.3 Å². The number of nitrogens with one attached hydrogen (secondary N) is 1. The van der Waals surface area contributed by atoms with Gasteiger partial charge >= 0.3 is 0 Å². The van der Waals surface area contributed by atoms with Crippen molar-refractivity contribution in [2.45, 2.75) is 0 Å². The van der Waals surface area contributed by atoms with Crippen LogP contribution < -0.4 is 5.32 Å². The van der Waals surface area contributed by atoms with Crippen molar-refractivity contribution in [2.75, 3.05) is 5.32 Å². The molecule has 0 saturated heterocycles. The zero-order chi connectivity index (χ0) is 14.7. The molecule has 6 heteroatoms. The van der Waals surface area contributed by atoms with Crippen molar-refractivity contribution < 1.29 is 4.79 Å². The first-order valence-corrected chi connectivity index (χ1v) is 6.62. The average Bonchev–Trinajstić information content (AvgIpc) is 3.02. The fourth-order valence-electron chi connectivity index (χ4n) is 1.85. The van der Waals surface area contributed by atoms with Crippen LogP contribution in [0.4, 0.5) is 5.69 Å². The summed E-state index contributed by atoms with van der Waals surface area (Å²) in [7, 11) is 0. The van der Waals surface area contributed by atoms with Gasteiger partial charge in [0, 0.05) is 12.4 Å². The first kappa shape index (κ1) is 13.3. The quantitative estimate of drug-likeness (QED) is 0.808. The number of rotatable bonds is 3. The maximum atomic E-state index is 12.1. The van der Waals surface area contributed by atoms with Gasteiger partial charge in [0.05, 0.1) is 22.5 Å². The second-order valence-electron chi connectivity index (χ2n) is 4.31. The topological polar surface area (TPSA) is 59.8 Å². The van der Waals surface area contributed by atoms with Crippen molar-refractivity contribution in [1.82, 2.24) is 14.5 Å². The molecule has 3 rings (SSSR count). The lowest BCUT2D eigenvalue weighted by molar-refractivity contribution is 0.102. The molecular weight excluding hydrogens is 288 g/mol. The highest BCUT2D eigenvalue weighted by molar-refractivity contribution is 6.34. The van der Waals surface area contributed by atoms with Gasteiger partial charge in [-0.3, -0.25) is 9.36 Å². The van der Waals surface area contributed by atoms with E-state index in [9.17, 15) is 4.79 Å². The fourth-order valence-corrected chi connectivity index (χ4v) is 2.07. The van der Waals surface area contributed by atoms with E-state index in [1.54, 1.807) is 65.9 Å². The van der Waals surface area contributed by atoms with Gasteiger partial charge < -0.3 is 5.32 Å². The summed E-state index contributed by atoms with van der Waals surface area (Å²) in [6.07, 6.45) is 6.72. The molecule has 104 valence electrons. The standard InChI is InChI=1S/C15H11ClN4O/c16-13-4-2-1-3-12(13)15(21)19-11-5-6-14(18-9-11)20-8-7-17-10-20/h1-10H,(H,19,21). The Morgan fingerprint density at radius 2 is 2.05 bits per heavy atom. The van der Waals surface area contributed by atoms with Crippen molar-refractivity contribution in [3.8, 4) is 5.82 Å². The molecule has 0 atom stereocenters. The van der Waals surface area contributed by atoms with Crippen LogP contribution in [-0.2, 0) is 0 Å². The van der Waals surface area contributed by atoms with Crippen molar-refractivity contribution in [3.63, 3.8) is 0 Å². The predicted octanol–water partition coefficient (Wildman–Crippen LogP) is 3.17. The maximum Gasteiger partial charge on any atom is 0.257 e. The normalized spacial score (nSPS) is 10.3. The van der Waals surface area contributed by atoms with Crippen LogP contribution >= 0.6 is 11.6 Å². The van der Waals surface area contributed by atoms with Gasteiger partial charge in [0.15, 0.2) is 0 Å². The van der Waals surface area contributed by atoms with E-state index in [0.717, 1.165) is 5.82 Å². The highest BCUT2D eigenvalue weighted by Crippen LogP contribution is 2.17. The van der Waals surface area contributed by atoms with E-state index in [0.29, 0.717) is 16.3 Å². The maximum absolute atomic E-state index is 12.1. The third kappa shape index (κ3) is 2.93. The smallest absolute Gasteiger partial charge is 0.257 e. The molecular formula is C15H11ClN4O. The van der Waals surface area contributed by atoms with Crippen LogP contribution in [0.25, 0.3) is 5.82 Å². The van der Waals surface area contributed by atoms with Crippen molar-refractivity contribution in [2.24, 2.45) is 0 Å². The third-order valence-electron chi connectivity index (χ3n) is 2.89. The van der Waals surface area contributed by atoms with Gasteiger partial charge in [-0.2, -0.15) is 0 Å². The SMILES string of the molecule is O=C(Nc1ccc(-n2ccnc2)nc1)c1ccccc1Cl. The molecule has 2 aromatic heterocycles. The van der Waals surface area contributed by atoms with Gasteiger partial charge in [-0.25, -0.2) is 9.97 Å². The number of carbonyl (C=O) groups is 1. The van der Waals surface area contributed by atoms with Gasteiger partial charge in [-0.15, -0.1) is 0 Å². The lowest BCUT2D eigenvalue weighted by Crippen LogP contribution is -2.12. The second kappa shape index (κ2) is 5.76. The van der Waals surface area contributed by atoms with E-state index < -0.39 is 0 Å². The molecule has 0 aliphatic rings. The Morgan fingerprint density at radius 1 is 1.19 bits per heavy atom. The van der Waals surface area contributed by atoms with Crippen molar-refractivity contribution in [3.05, 3.63) is 71.9 Å². The number of anilines is 1. The van der Waals surface area contributed by atoms with Gasteiger partial charge in [0.25, 0.3) is 5.91 Å². The van der Waals surface area contributed by atoms with Crippen molar-refractivity contribution in [1.29, 1.82) is 0 Å². The zero-order valence-corrected chi connectivity index (χ0v) is 11.7. The molecule has 21 heavy (non-hydrogen) atoms. The molecule has 0 aliphatic heterocycles. The number of amides is 1. The van der Waals surface area contributed by atoms with Crippen molar-refractivity contribution >= 4 is 23.2 Å². The van der Waals surface area contributed by atoms with Crippen LogP contribution in [0.2, 0.25) is 5.02 Å². The molecule has 5 nitrogen and oxygen atoms in total. The van der Waals surface area contributed by atoms with E-state index in [4.69, 9.17) is 11.6 Å². The molecule has 1 N–H and O–H groups in total. The molecule has 0 fully saturated rings. The Hall–Kier alpha value is -2.66. The molecule has 0 aliphatic carbocycles. The molecule has 3 aromatic rings. The number of aromatic nitrogens is 3.